The van der Waals surface area contributed by atoms with Crippen molar-refractivity contribution >= 4 is 73.1 Å². The van der Waals surface area contributed by atoms with Crippen molar-refractivity contribution in [3.8, 4) is 0 Å². The molecule has 0 saturated heterocycles. The zero-order valence-electron chi connectivity index (χ0n) is 27.3. The van der Waals surface area contributed by atoms with E-state index in [0.717, 1.165) is 14.9 Å². The zero-order valence-corrected chi connectivity index (χ0v) is 31.1. The van der Waals surface area contributed by atoms with E-state index in [-0.39, 0.29) is 18.4 Å². The molecule has 0 aliphatic rings. The molecule has 0 bridgehead atoms. The number of pyridine rings is 2. The number of halogens is 2. The molecular weight excluding hydrogens is 775 g/mol. The summed E-state index contributed by atoms with van der Waals surface area (Å²) in [7, 11) is 1.26. The largest absolute Gasteiger partial charge is 0.469 e. The molecule has 0 fully saturated rings. The van der Waals surface area contributed by atoms with Crippen LogP contribution in [-0.2, 0) is 23.9 Å². The highest BCUT2D eigenvalue weighted by Gasteiger charge is 2.17. The molecule has 5 rings (SSSR count). The van der Waals surface area contributed by atoms with Gasteiger partial charge >= 0.3 is 12.1 Å². The maximum atomic E-state index is 10.2. The molecule has 248 valence electrons. The number of alkyl halides is 1. The fourth-order valence-electron chi connectivity index (χ4n) is 4.18. The number of hydrogen-bond acceptors (Lipinski definition) is 8. The van der Waals surface area contributed by atoms with Gasteiger partial charge in [-0.15, -0.1) is 0 Å². The Kier molecular flexibility index (Phi) is 19.4. The van der Waals surface area contributed by atoms with E-state index in [9.17, 15) is 9.59 Å². The lowest BCUT2D eigenvalue weighted by molar-refractivity contribution is -0.191. The van der Waals surface area contributed by atoms with Crippen molar-refractivity contribution in [3.63, 3.8) is 0 Å². The summed E-state index contributed by atoms with van der Waals surface area (Å²) in [5.41, 5.74) is 13.8. The summed E-state index contributed by atoms with van der Waals surface area (Å²) in [5.74, 6) is -0.644. The molecule has 9 nitrogen and oxygen atoms in total. The van der Waals surface area contributed by atoms with Crippen LogP contribution in [-0.4, -0.2) is 39.5 Å². The molecule has 0 aliphatic heterocycles. The van der Waals surface area contributed by atoms with Crippen molar-refractivity contribution in [1.82, 2.24) is 14.5 Å². The number of rotatable bonds is 5. The molecular formula is C36H40BrIN4O5. The van der Waals surface area contributed by atoms with Crippen LogP contribution in [0.1, 0.15) is 60.4 Å². The van der Waals surface area contributed by atoms with Gasteiger partial charge in [-0.25, -0.2) is 4.98 Å². The monoisotopic (exact) mass is 814 g/mol. The lowest BCUT2D eigenvalue weighted by atomic mass is 10.1. The van der Waals surface area contributed by atoms with Crippen molar-refractivity contribution in [2.24, 2.45) is 0 Å². The third-order valence-corrected chi connectivity index (χ3v) is 8.07. The van der Waals surface area contributed by atoms with E-state index in [1.165, 1.54) is 41.9 Å². The molecule has 5 aromatic rings. The molecule has 0 saturated carbocycles. The molecule has 47 heavy (non-hydrogen) atoms. The number of aromatic nitrogens is 3. The predicted octanol–water partition coefficient (Wildman–Crippen LogP) is 8.23. The van der Waals surface area contributed by atoms with Gasteiger partial charge in [-0.1, -0.05) is 76.6 Å². The number of Topliss-reactive ketones (excluding diaryl/α,β-unsaturated/α-hetero) is 1. The van der Waals surface area contributed by atoms with Gasteiger partial charge in [-0.2, -0.15) is 9.59 Å². The van der Waals surface area contributed by atoms with E-state index in [0.29, 0.717) is 10.9 Å². The number of carbonyl (C=O) groups excluding carboxylic acids is 4. The highest BCUT2D eigenvalue weighted by atomic mass is 127. The highest BCUT2D eigenvalue weighted by Crippen LogP contribution is 2.29. The van der Waals surface area contributed by atoms with E-state index in [4.69, 9.17) is 15.3 Å². The van der Waals surface area contributed by atoms with Gasteiger partial charge in [0.2, 0.25) is 0 Å². The number of ether oxygens (including phenoxy) is 1. The van der Waals surface area contributed by atoms with Crippen LogP contribution in [0.25, 0.3) is 11.0 Å². The number of methoxy groups -OCH3 is 1. The molecule has 2 N–H and O–H groups in total. The molecule has 0 spiro atoms. The molecule has 3 aromatic heterocycles. The Morgan fingerprint density at radius 3 is 1.81 bits per heavy atom. The first-order valence-electron chi connectivity index (χ1n) is 14.5. The van der Waals surface area contributed by atoms with Gasteiger partial charge in [0.15, 0.2) is 0 Å². The third-order valence-electron chi connectivity index (χ3n) is 6.64. The van der Waals surface area contributed by atoms with Crippen LogP contribution < -0.4 is 5.73 Å². The van der Waals surface area contributed by atoms with Crippen LogP contribution in [0.4, 0.5) is 5.69 Å². The second kappa shape index (κ2) is 22.4. The minimum Gasteiger partial charge on any atom is -0.469 e. The lowest BCUT2D eigenvalue weighted by Crippen LogP contribution is -2.08. The van der Waals surface area contributed by atoms with E-state index in [2.05, 4.69) is 134 Å². The SMILES string of the molecule is CC(Br)c1ccccc1.COC(=O)CC(C)=O.Cc1c(C)n(C(C)c2ccccc2)c2cccnc12.Nc1cccnc1I.O=C=O. The number of aryl methyl sites for hydroxylation is 1. The standard InChI is InChI=1S/C17H18N2.C8H9Br.C5H5IN2.C5H8O3.CO2/c1-12-13(2)19(16-10-7-11-18-17(12)16)14(3)15-8-5-4-6-9-15;1-7(9)8-5-3-2-4-6-8;6-5-4(7)2-1-3-8-5;1-4(6)3-5(7)8-2;2-1-3/h4-11,14H,1-3H3;2-7H,1H3;1-3H,7H2;3H2,1-2H3;. The predicted molar refractivity (Wildman–Crippen MR) is 197 cm³/mol. The summed E-state index contributed by atoms with van der Waals surface area (Å²) in [6.45, 7) is 10.0. The van der Waals surface area contributed by atoms with Gasteiger partial charge in [0.25, 0.3) is 0 Å². The van der Waals surface area contributed by atoms with Crippen molar-refractivity contribution < 1.29 is 23.9 Å². The van der Waals surface area contributed by atoms with Gasteiger partial charge < -0.3 is 15.0 Å². The van der Waals surface area contributed by atoms with Crippen LogP contribution in [0, 0.1) is 17.5 Å². The van der Waals surface area contributed by atoms with Crippen LogP contribution in [0.5, 0.6) is 0 Å². The third kappa shape index (κ3) is 14.4. The molecule has 2 atom stereocenters. The van der Waals surface area contributed by atoms with Gasteiger partial charge in [-0.3, -0.25) is 14.6 Å². The first-order chi connectivity index (χ1) is 22.4. The van der Waals surface area contributed by atoms with Crippen LogP contribution in [0.3, 0.4) is 0 Å². The Bertz CT molecular complexity index is 1690. The minimum absolute atomic E-state index is 0.115. The van der Waals surface area contributed by atoms with Gasteiger partial charge in [0, 0.05) is 22.9 Å². The number of nitrogens with zero attached hydrogens (tertiary/aromatic N) is 3. The summed E-state index contributed by atoms with van der Waals surface area (Å²) in [6, 6.07) is 29.1. The Balaban J connectivity index is 0.000000333. The first kappa shape index (κ1) is 40.8. The molecule has 0 aliphatic carbocycles. The Hall–Kier alpha value is -4.19. The number of nitrogens with two attached hydrogens (primary N) is 1. The topological polar surface area (TPSA) is 134 Å². The molecule has 11 heteroatoms. The number of carbonyl (C=O) groups is 2. The summed E-state index contributed by atoms with van der Waals surface area (Å²) in [5, 5.41) is 0. The van der Waals surface area contributed by atoms with Gasteiger partial charge in [0.05, 0.1) is 29.9 Å². The highest BCUT2D eigenvalue weighted by molar-refractivity contribution is 14.1. The van der Waals surface area contributed by atoms with Crippen molar-refractivity contribution in [1.29, 1.82) is 0 Å². The smallest absolute Gasteiger partial charge is 0.373 e. The quantitative estimate of drug-likeness (QED) is 0.0617. The fourth-order valence-corrected chi connectivity index (χ4v) is 4.83. The minimum atomic E-state index is -0.475. The van der Waals surface area contributed by atoms with Gasteiger partial charge in [-0.05, 0) is 98.2 Å². The average Bonchev–Trinajstić information content (AvgIpc) is 3.33. The number of esters is 1. The van der Waals surface area contributed by atoms with Crippen LogP contribution in [0.2, 0.25) is 0 Å². The molecule has 0 radical (unpaired) electrons. The molecule has 2 aromatic carbocycles. The molecule has 2 unspecified atom stereocenters. The summed E-state index contributed by atoms with van der Waals surface area (Å²) < 4.78 is 7.45. The van der Waals surface area contributed by atoms with Crippen molar-refractivity contribution in [2.75, 3.05) is 12.8 Å². The zero-order chi connectivity index (χ0) is 35.4. The first-order valence-corrected chi connectivity index (χ1v) is 16.5. The number of fused-ring (bicyclic) bond motifs is 1. The second-order valence-corrected chi connectivity index (χ2v) is 12.4. The maximum absolute atomic E-state index is 10.2. The number of anilines is 1. The summed E-state index contributed by atoms with van der Waals surface area (Å²) >= 11 is 5.57. The number of hydrogen-bond donors (Lipinski definition) is 1. The molecule has 0 amide bonds. The maximum Gasteiger partial charge on any atom is 0.373 e. The second-order valence-electron chi connectivity index (χ2n) is 9.99. The van der Waals surface area contributed by atoms with Gasteiger partial charge in [0.1, 0.15) is 15.9 Å². The van der Waals surface area contributed by atoms with E-state index < -0.39 is 5.97 Å². The normalized spacial score (nSPS) is 10.8. The van der Waals surface area contributed by atoms with E-state index >= 15 is 0 Å². The van der Waals surface area contributed by atoms with Crippen LogP contribution >= 0.6 is 38.5 Å². The fraction of sp³-hybridized carbons (Fsp3) is 0.250. The summed E-state index contributed by atoms with van der Waals surface area (Å²) in [6.07, 6.45) is 3.72. The van der Waals surface area contributed by atoms with Crippen LogP contribution in [0.15, 0.2) is 97.3 Å². The number of benzene rings is 2. The van der Waals surface area contributed by atoms with E-state index in [1.807, 2.05) is 42.6 Å². The Morgan fingerprint density at radius 2 is 1.40 bits per heavy atom. The lowest BCUT2D eigenvalue weighted by Gasteiger charge is -2.18. The van der Waals surface area contributed by atoms with E-state index in [1.54, 1.807) is 6.20 Å². The number of nitrogen functional groups attached to an aromatic ring is 1. The molecule has 3 heterocycles. The summed E-state index contributed by atoms with van der Waals surface area (Å²) in [4.78, 5) is 45.5. The number of ketones is 1. The van der Waals surface area contributed by atoms with Crippen molar-refractivity contribution in [2.45, 2.75) is 51.9 Å². The Labute approximate surface area is 298 Å². The Morgan fingerprint density at radius 1 is 0.894 bits per heavy atom. The average molecular weight is 816 g/mol. The van der Waals surface area contributed by atoms with Crippen molar-refractivity contribution in [3.05, 3.63) is 123 Å².